The highest BCUT2D eigenvalue weighted by atomic mass is 16.5. The minimum absolute atomic E-state index is 0.0627. The molecule has 0 saturated heterocycles. The third-order valence-corrected chi connectivity index (χ3v) is 3.20. The van der Waals surface area contributed by atoms with E-state index < -0.39 is 0 Å². The van der Waals surface area contributed by atoms with Crippen molar-refractivity contribution in [1.29, 1.82) is 0 Å². The van der Waals surface area contributed by atoms with Crippen molar-refractivity contribution in [3.63, 3.8) is 0 Å². The number of benzene rings is 1. The molecule has 0 aliphatic carbocycles. The second-order valence-corrected chi connectivity index (χ2v) is 5.33. The highest BCUT2D eigenvalue weighted by Gasteiger charge is 2.09. The normalized spacial score (nSPS) is 12.0. The summed E-state index contributed by atoms with van der Waals surface area (Å²) in [5.74, 6) is 0.715. The molecule has 0 spiro atoms. The first-order valence-corrected chi connectivity index (χ1v) is 7.88. The lowest BCUT2D eigenvalue weighted by Crippen LogP contribution is -2.36. The van der Waals surface area contributed by atoms with E-state index in [2.05, 4.69) is 24.5 Å². The number of hydrogen-bond donors (Lipinski definition) is 2. The molecule has 1 amide bonds. The molecule has 21 heavy (non-hydrogen) atoms. The van der Waals surface area contributed by atoms with Crippen LogP contribution in [0.2, 0.25) is 0 Å². The molecule has 1 aromatic rings. The smallest absolute Gasteiger partial charge is 0.258 e. The van der Waals surface area contributed by atoms with Gasteiger partial charge in [-0.25, -0.2) is 0 Å². The summed E-state index contributed by atoms with van der Waals surface area (Å²) >= 11 is 0. The highest BCUT2D eigenvalue weighted by Crippen LogP contribution is 2.17. The van der Waals surface area contributed by atoms with Gasteiger partial charge in [0.15, 0.2) is 6.61 Å². The first-order valence-electron chi connectivity index (χ1n) is 7.88. The van der Waals surface area contributed by atoms with Crippen LogP contribution in [0.5, 0.6) is 5.75 Å². The number of hydrogen-bond acceptors (Lipinski definition) is 3. The van der Waals surface area contributed by atoms with Gasteiger partial charge in [-0.05, 0) is 32.4 Å². The number of carbonyl (C=O) groups is 1. The molecule has 2 N–H and O–H groups in total. The minimum atomic E-state index is -0.0627. The Labute approximate surface area is 128 Å². The van der Waals surface area contributed by atoms with Crippen molar-refractivity contribution in [1.82, 2.24) is 10.6 Å². The molecule has 0 bridgehead atoms. The molecule has 118 valence electrons. The topological polar surface area (TPSA) is 50.4 Å². The molecule has 0 radical (unpaired) electrons. The molecule has 0 aliphatic rings. The largest absolute Gasteiger partial charge is 0.483 e. The fourth-order valence-corrected chi connectivity index (χ4v) is 2.16. The van der Waals surface area contributed by atoms with Crippen LogP contribution in [0.15, 0.2) is 24.3 Å². The third-order valence-electron chi connectivity index (χ3n) is 3.20. The van der Waals surface area contributed by atoms with Crippen LogP contribution in [0.1, 0.15) is 45.6 Å². The molecule has 1 aromatic carbocycles. The lowest BCUT2D eigenvalue weighted by molar-refractivity contribution is -0.123. The standard InChI is InChI=1S/C17H28N2O2/c1-4-8-14(3)19-17(20)13-21-16-10-7-6-9-15(16)12-18-11-5-2/h6-7,9-10,14,18H,4-5,8,11-13H2,1-3H3,(H,19,20). The van der Waals surface area contributed by atoms with Gasteiger partial charge in [-0.15, -0.1) is 0 Å². The van der Waals surface area contributed by atoms with E-state index in [1.165, 1.54) is 0 Å². The van der Waals surface area contributed by atoms with E-state index in [0.29, 0.717) is 0 Å². The van der Waals surface area contributed by atoms with Gasteiger partial charge < -0.3 is 15.4 Å². The van der Waals surface area contributed by atoms with Crippen LogP contribution in [0.3, 0.4) is 0 Å². The summed E-state index contributed by atoms with van der Waals surface area (Å²) in [5, 5.41) is 6.29. The Morgan fingerprint density at radius 1 is 1.24 bits per heavy atom. The van der Waals surface area contributed by atoms with Crippen molar-refractivity contribution in [2.75, 3.05) is 13.2 Å². The number of amides is 1. The first-order chi connectivity index (χ1) is 10.2. The average molecular weight is 292 g/mol. The van der Waals surface area contributed by atoms with E-state index in [0.717, 1.165) is 43.7 Å². The van der Waals surface area contributed by atoms with Gasteiger partial charge in [-0.3, -0.25) is 4.79 Å². The summed E-state index contributed by atoms with van der Waals surface area (Å²) in [6.07, 6.45) is 3.15. The summed E-state index contributed by atoms with van der Waals surface area (Å²) in [5.41, 5.74) is 1.08. The summed E-state index contributed by atoms with van der Waals surface area (Å²) < 4.78 is 5.66. The molecule has 1 unspecified atom stereocenters. The number of nitrogens with one attached hydrogen (secondary N) is 2. The van der Waals surface area contributed by atoms with Crippen molar-refractivity contribution in [3.8, 4) is 5.75 Å². The van der Waals surface area contributed by atoms with E-state index in [4.69, 9.17) is 4.74 Å². The first kappa shape index (κ1) is 17.5. The van der Waals surface area contributed by atoms with Gasteiger partial charge in [0.05, 0.1) is 0 Å². The molecule has 1 atom stereocenters. The molecule has 0 aliphatic heterocycles. The number of carbonyl (C=O) groups excluding carboxylic acids is 1. The van der Waals surface area contributed by atoms with E-state index in [1.54, 1.807) is 0 Å². The van der Waals surface area contributed by atoms with Crippen molar-refractivity contribution in [2.24, 2.45) is 0 Å². The molecule has 1 rings (SSSR count). The second kappa shape index (κ2) is 10.2. The van der Waals surface area contributed by atoms with E-state index in [-0.39, 0.29) is 18.6 Å². The van der Waals surface area contributed by atoms with Crippen molar-refractivity contribution < 1.29 is 9.53 Å². The number of ether oxygens (including phenoxy) is 1. The quantitative estimate of drug-likeness (QED) is 0.652. The predicted molar refractivity (Wildman–Crippen MR) is 86.4 cm³/mol. The van der Waals surface area contributed by atoms with Crippen LogP contribution in [-0.2, 0) is 11.3 Å². The highest BCUT2D eigenvalue weighted by molar-refractivity contribution is 5.77. The molecular formula is C17H28N2O2. The Hall–Kier alpha value is -1.55. The fraction of sp³-hybridized carbons (Fsp3) is 0.588. The lowest BCUT2D eigenvalue weighted by atomic mass is 10.2. The summed E-state index contributed by atoms with van der Waals surface area (Å²) in [6, 6.07) is 8.05. The van der Waals surface area contributed by atoms with Gasteiger partial charge in [-0.2, -0.15) is 0 Å². The molecule has 4 heteroatoms. The third kappa shape index (κ3) is 7.14. The summed E-state index contributed by atoms with van der Waals surface area (Å²) in [6.45, 7) is 8.07. The van der Waals surface area contributed by atoms with Crippen molar-refractivity contribution in [3.05, 3.63) is 29.8 Å². The van der Waals surface area contributed by atoms with Gasteiger partial charge in [0.1, 0.15) is 5.75 Å². The van der Waals surface area contributed by atoms with Crippen LogP contribution in [0, 0.1) is 0 Å². The van der Waals surface area contributed by atoms with Crippen LogP contribution < -0.4 is 15.4 Å². The molecule has 0 fully saturated rings. The number of para-hydroxylation sites is 1. The SMILES string of the molecule is CCCNCc1ccccc1OCC(=O)NC(C)CCC. The van der Waals surface area contributed by atoms with Gasteiger partial charge in [0, 0.05) is 18.2 Å². The molecule has 4 nitrogen and oxygen atoms in total. The number of rotatable bonds is 10. The summed E-state index contributed by atoms with van der Waals surface area (Å²) in [7, 11) is 0. The van der Waals surface area contributed by atoms with Crippen LogP contribution in [0.4, 0.5) is 0 Å². The second-order valence-electron chi connectivity index (χ2n) is 5.33. The fourth-order valence-electron chi connectivity index (χ4n) is 2.16. The van der Waals surface area contributed by atoms with E-state index in [9.17, 15) is 4.79 Å². The van der Waals surface area contributed by atoms with E-state index in [1.807, 2.05) is 31.2 Å². The van der Waals surface area contributed by atoms with Gasteiger partial charge in [-0.1, -0.05) is 38.5 Å². The Kier molecular flexibility index (Phi) is 8.51. The van der Waals surface area contributed by atoms with Crippen molar-refractivity contribution in [2.45, 2.75) is 52.6 Å². The van der Waals surface area contributed by atoms with Gasteiger partial charge >= 0.3 is 0 Å². The average Bonchev–Trinajstić information content (AvgIpc) is 2.46. The zero-order valence-electron chi connectivity index (χ0n) is 13.4. The maximum absolute atomic E-state index is 11.8. The maximum atomic E-state index is 11.8. The van der Waals surface area contributed by atoms with Crippen molar-refractivity contribution >= 4 is 5.91 Å². The molecule has 0 saturated carbocycles. The molecule has 0 aromatic heterocycles. The molecule has 0 heterocycles. The van der Waals surface area contributed by atoms with Crippen LogP contribution in [0.25, 0.3) is 0 Å². The zero-order chi connectivity index (χ0) is 15.5. The van der Waals surface area contributed by atoms with E-state index >= 15 is 0 Å². The minimum Gasteiger partial charge on any atom is -0.483 e. The Morgan fingerprint density at radius 3 is 2.71 bits per heavy atom. The predicted octanol–water partition coefficient (Wildman–Crippen LogP) is 2.87. The van der Waals surface area contributed by atoms with Crippen LogP contribution in [-0.4, -0.2) is 25.1 Å². The Bertz CT molecular complexity index is 421. The molecular weight excluding hydrogens is 264 g/mol. The lowest BCUT2D eigenvalue weighted by Gasteiger charge is -2.15. The Morgan fingerprint density at radius 2 is 2.00 bits per heavy atom. The van der Waals surface area contributed by atoms with Gasteiger partial charge in [0.25, 0.3) is 5.91 Å². The maximum Gasteiger partial charge on any atom is 0.258 e. The van der Waals surface area contributed by atoms with Crippen LogP contribution >= 0.6 is 0 Å². The summed E-state index contributed by atoms with van der Waals surface area (Å²) in [4.78, 5) is 11.8. The van der Waals surface area contributed by atoms with Gasteiger partial charge in [0.2, 0.25) is 0 Å². The Balaban J connectivity index is 2.45. The zero-order valence-corrected chi connectivity index (χ0v) is 13.4. The monoisotopic (exact) mass is 292 g/mol.